The average molecular weight is 358 g/mol. The van der Waals surface area contributed by atoms with Gasteiger partial charge in [0.05, 0.1) is 0 Å². The largest absolute Gasteiger partial charge is 0.508 e. The smallest absolute Gasteiger partial charge is 0.196 e. The van der Waals surface area contributed by atoms with Gasteiger partial charge in [-0.15, -0.1) is 0 Å². The molecule has 0 aliphatic rings. The van der Waals surface area contributed by atoms with Crippen LogP contribution in [0.1, 0.15) is 18.1 Å². The van der Waals surface area contributed by atoms with Crippen molar-refractivity contribution in [3.05, 3.63) is 83.9 Å². The Hall–Kier alpha value is -3.04. The molecular weight excluding hydrogens is 336 g/mol. The summed E-state index contributed by atoms with van der Waals surface area (Å²) in [6, 6.07) is 24.1. The first-order chi connectivity index (χ1) is 13.2. The summed E-state index contributed by atoms with van der Waals surface area (Å²) in [7, 11) is 1.63. The second-order valence-electron chi connectivity index (χ2n) is 6.65. The lowest BCUT2D eigenvalue weighted by atomic mass is 9.93. The van der Waals surface area contributed by atoms with Crippen LogP contribution >= 0.6 is 0 Å². The first-order valence-electron chi connectivity index (χ1n) is 9.07. The number of rotatable bonds is 5. The quantitative estimate of drug-likeness (QED) is 0.468. The molecule has 0 aliphatic carbocycles. The van der Waals surface area contributed by atoms with Gasteiger partial charge in [-0.25, -0.2) is 0 Å². The van der Waals surface area contributed by atoms with E-state index in [1.54, 1.807) is 13.2 Å². The van der Waals surface area contributed by atoms with Crippen LogP contribution in [0.25, 0.3) is 21.5 Å². The summed E-state index contributed by atoms with van der Waals surface area (Å²) in [6.45, 7) is 1.87. The predicted octanol–water partition coefficient (Wildman–Crippen LogP) is 5.66. The van der Waals surface area contributed by atoms with E-state index in [1.165, 1.54) is 0 Å². The van der Waals surface area contributed by atoms with E-state index in [2.05, 4.69) is 24.3 Å². The van der Waals surface area contributed by atoms with Crippen molar-refractivity contribution in [1.29, 1.82) is 0 Å². The fourth-order valence-electron chi connectivity index (χ4n) is 3.52. The summed E-state index contributed by atoms with van der Waals surface area (Å²) in [4.78, 5) is 0. The summed E-state index contributed by atoms with van der Waals surface area (Å²) < 4.78 is 11.3. The second kappa shape index (κ2) is 7.29. The van der Waals surface area contributed by atoms with Crippen LogP contribution in [0.3, 0.4) is 0 Å². The molecule has 0 spiro atoms. The highest BCUT2D eigenvalue weighted by molar-refractivity contribution is 5.91. The maximum absolute atomic E-state index is 10.6. The number of hydrogen-bond acceptors (Lipinski definition) is 3. The van der Waals surface area contributed by atoms with Crippen LogP contribution in [0.5, 0.6) is 11.5 Å². The van der Waals surface area contributed by atoms with Crippen LogP contribution < -0.4 is 4.74 Å². The van der Waals surface area contributed by atoms with E-state index in [-0.39, 0.29) is 6.29 Å². The van der Waals surface area contributed by atoms with Gasteiger partial charge < -0.3 is 14.6 Å². The topological polar surface area (TPSA) is 38.7 Å². The molecule has 0 saturated heterocycles. The average Bonchev–Trinajstić information content (AvgIpc) is 2.71. The summed E-state index contributed by atoms with van der Waals surface area (Å²) in [6.07, 6.45) is 0.214. The first kappa shape index (κ1) is 17.4. The molecule has 0 saturated carbocycles. The monoisotopic (exact) mass is 358 g/mol. The Morgan fingerprint density at radius 1 is 0.778 bits per heavy atom. The molecule has 1 unspecified atom stereocenters. The SMILES string of the molecule is COC(C)Oc1ccc2ccccc2c1Cc1c(O)ccc2ccccc12. The van der Waals surface area contributed by atoms with E-state index in [4.69, 9.17) is 9.47 Å². The van der Waals surface area contributed by atoms with E-state index in [0.717, 1.165) is 38.4 Å². The number of phenolic OH excluding ortho intramolecular Hbond substituents is 1. The third kappa shape index (κ3) is 3.34. The van der Waals surface area contributed by atoms with Gasteiger partial charge in [0.1, 0.15) is 11.5 Å². The molecule has 3 heteroatoms. The van der Waals surface area contributed by atoms with E-state index in [1.807, 2.05) is 49.4 Å². The Morgan fingerprint density at radius 2 is 1.37 bits per heavy atom. The van der Waals surface area contributed by atoms with Crippen molar-refractivity contribution in [2.24, 2.45) is 0 Å². The zero-order valence-electron chi connectivity index (χ0n) is 15.5. The third-order valence-corrected chi connectivity index (χ3v) is 4.99. The van der Waals surface area contributed by atoms with Gasteiger partial charge in [-0.2, -0.15) is 0 Å². The van der Waals surface area contributed by atoms with Crippen LogP contribution in [0, 0.1) is 0 Å². The molecule has 136 valence electrons. The lowest BCUT2D eigenvalue weighted by Crippen LogP contribution is -2.15. The lowest BCUT2D eigenvalue weighted by Gasteiger charge is -2.19. The summed E-state index contributed by atoms with van der Waals surface area (Å²) in [5.74, 6) is 1.07. The Labute approximate surface area is 158 Å². The molecule has 4 rings (SSSR count). The molecular formula is C24H22O3. The molecule has 4 aromatic carbocycles. The number of ether oxygens (including phenoxy) is 2. The minimum atomic E-state index is -0.356. The molecule has 0 radical (unpaired) electrons. The van der Waals surface area contributed by atoms with E-state index < -0.39 is 0 Å². The lowest BCUT2D eigenvalue weighted by molar-refractivity contribution is -0.0386. The molecule has 4 aromatic rings. The minimum Gasteiger partial charge on any atom is -0.508 e. The minimum absolute atomic E-state index is 0.298. The fraction of sp³-hybridized carbons (Fsp3) is 0.167. The van der Waals surface area contributed by atoms with Gasteiger partial charge in [-0.1, -0.05) is 60.7 Å². The summed E-state index contributed by atoms with van der Waals surface area (Å²) in [5.41, 5.74) is 1.95. The molecule has 0 aliphatic heterocycles. The number of aromatic hydroxyl groups is 1. The van der Waals surface area contributed by atoms with E-state index in [9.17, 15) is 5.11 Å². The van der Waals surface area contributed by atoms with E-state index >= 15 is 0 Å². The highest BCUT2D eigenvalue weighted by atomic mass is 16.7. The highest BCUT2D eigenvalue weighted by Crippen LogP contribution is 2.35. The maximum atomic E-state index is 10.6. The summed E-state index contributed by atoms with van der Waals surface area (Å²) in [5, 5.41) is 15.0. The van der Waals surface area contributed by atoms with Gasteiger partial charge >= 0.3 is 0 Å². The van der Waals surface area contributed by atoms with Gasteiger partial charge in [-0.3, -0.25) is 0 Å². The Balaban J connectivity index is 1.91. The zero-order valence-corrected chi connectivity index (χ0v) is 15.5. The van der Waals surface area contributed by atoms with Crippen LogP contribution in [0.15, 0.2) is 72.8 Å². The van der Waals surface area contributed by atoms with Crippen LogP contribution in [0.4, 0.5) is 0 Å². The summed E-state index contributed by atoms with van der Waals surface area (Å²) >= 11 is 0. The van der Waals surface area contributed by atoms with Gasteiger partial charge in [0, 0.05) is 24.7 Å². The number of fused-ring (bicyclic) bond motifs is 2. The normalized spacial score (nSPS) is 12.4. The van der Waals surface area contributed by atoms with Gasteiger partial charge in [-0.05, 0) is 40.6 Å². The predicted molar refractivity (Wildman–Crippen MR) is 109 cm³/mol. The van der Waals surface area contributed by atoms with Crippen molar-refractivity contribution in [3.63, 3.8) is 0 Å². The fourth-order valence-corrected chi connectivity index (χ4v) is 3.52. The highest BCUT2D eigenvalue weighted by Gasteiger charge is 2.15. The molecule has 0 bridgehead atoms. The molecule has 0 fully saturated rings. The van der Waals surface area contributed by atoms with Crippen molar-refractivity contribution < 1.29 is 14.6 Å². The van der Waals surface area contributed by atoms with Crippen molar-refractivity contribution in [1.82, 2.24) is 0 Å². The van der Waals surface area contributed by atoms with Crippen molar-refractivity contribution >= 4 is 21.5 Å². The number of hydrogen-bond donors (Lipinski definition) is 1. The zero-order chi connectivity index (χ0) is 18.8. The van der Waals surface area contributed by atoms with Crippen molar-refractivity contribution in [3.8, 4) is 11.5 Å². The number of benzene rings is 4. The molecule has 1 atom stereocenters. The van der Waals surface area contributed by atoms with Crippen LogP contribution in [-0.4, -0.2) is 18.5 Å². The number of phenols is 1. The Kier molecular flexibility index (Phi) is 4.69. The Bertz CT molecular complexity index is 1100. The molecule has 0 amide bonds. The van der Waals surface area contributed by atoms with Crippen molar-refractivity contribution in [2.45, 2.75) is 19.6 Å². The molecule has 0 aromatic heterocycles. The molecule has 27 heavy (non-hydrogen) atoms. The number of methoxy groups -OCH3 is 1. The first-order valence-corrected chi connectivity index (χ1v) is 9.07. The standard InChI is InChI=1S/C24H22O3/c1-16(26-2)27-24-14-12-18-8-4-6-10-20(18)22(24)15-21-19-9-5-3-7-17(19)11-13-23(21)25/h3-14,16,25H,15H2,1-2H3. The molecule has 0 heterocycles. The van der Waals surface area contributed by atoms with Gasteiger partial charge in [0.2, 0.25) is 0 Å². The molecule has 3 nitrogen and oxygen atoms in total. The second-order valence-corrected chi connectivity index (χ2v) is 6.65. The van der Waals surface area contributed by atoms with Gasteiger partial charge in [0.15, 0.2) is 6.29 Å². The van der Waals surface area contributed by atoms with E-state index in [0.29, 0.717) is 12.2 Å². The molecule has 1 N–H and O–H groups in total. The van der Waals surface area contributed by atoms with Crippen LogP contribution in [-0.2, 0) is 11.2 Å². The Morgan fingerprint density at radius 3 is 2.04 bits per heavy atom. The maximum Gasteiger partial charge on any atom is 0.196 e. The van der Waals surface area contributed by atoms with Gasteiger partial charge in [0.25, 0.3) is 0 Å². The van der Waals surface area contributed by atoms with Crippen LogP contribution in [0.2, 0.25) is 0 Å². The van der Waals surface area contributed by atoms with Crippen molar-refractivity contribution in [2.75, 3.05) is 7.11 Å². The third-order valence-electron chi connectivity index (χ3n) is 4.99.